The number of hydrogen-bond donors (Lipinski definition) is 0. The summed E-state index contributed by atoms with van der Waals surface area (Å²) < 4.78 is 3.97. The van der Waals surface area contributed by atoms with Crippen LogP contribution in [-0.2, 0) is 21.3 Å². The minimum atomic E-state index is -2.11. The Balaban J connectivity index is 0.00000181. The van der Waals surface area contributed by atoms with Crippen molar-refractivity contribution in [3.8, 4) is 11.1 Å². The van der Waals surface area contributed by atoms with Crippen LogP contribution in [-0.4, -0.2) is 3.21 Å². The van der Waals surface area contributed by atoms with Crippen molar-refractivity contribution >= 4 is 15.4 Å². The molecule has 2 aromatic rings. The minimum Gasteiger partial charge on any atom is -1.00 e. The van der Waals surface area contributed by atoms with Gasteiger partial charge in [0.25, 0.3) is 0 Å². The van der Waals surface area contributed by atoms with E-state index in [-0.39, 0.29) is 30.2 Å². The zero-order valence-electron chi connectivity index (χ0n) is 19.7. The van der Waals surface area contributed by atoms with Crippen LogP contribution in [0.2, 0.25) is 0 Å². The average Bonchev–Trinajstić information content (AvgIpc) is 3.31. The van der Waals surface area contributed by atoms with Crippen molar-refractivity contribution in [2.24, 2.45) is 5.41 Å². The molecule has 32 heavy (non-hydrogen) atoms. The molecule has 4 rings (SSSR count). The fraction of sp³-hybridized carbons (Fsp3) is 0.276. The number of allylic oxidation sites excluding steroid dienone is 4. The van der Waals surface area contributed by atoms with Crippen LogP contribution in [0.15, 0.2) is 70.6 Å². The van der Waals surface area contributed by atoms with E-state index in [1.54, 1.807) is 6.49 Å². The van der Waals surface area contributed by atoms with Crippen molar-refractivity contribution < 1.29 is 46.1 Å². The monoisotopic (exact) mass is 540 g/mol. The standard InChI is InChI=1S/C17H13.C9H13.C3H6.2ClH.Zr/c1-3-12-5-7-14-11-15-8-6-13(4-2)10-17(15)16(14)9-12;1-9(2,3)8-6-4-5-7-8;1-3-2;;;/h3-11H,1-2H2;6-7H,4H2,1-3H3;1-2H3;2*1H;/q;;;;;+2/p-2. The molecule has 0 saturated carbocycles. The summed E-state index contributed by atoms with van der Waals surface area (Å²) in [7, 11) is 0. The van der Waals surface area contributed by atoms with Gasteiger partial charge in [0.05, 0.1) is 0 Å². The van der Waals surface area contributed by atoms with Crippen molar-refractivity contribution in [3.63, 3.8) is 0 Å². The van der Waals surface area contributed by atoms with E-state index < -0.39 is 21.3 Å². The number of hydrogen-bond acceptors (Lipinski definition) is 0. The van der Waals surface area contributed by atoms with Crippen molar-refractivity contribution in [3.05, 3.63) is 92.8 Å². The first-order valence-electron chi connectivity index (χ1n) is 10.9. The first-order valence-corrected chi connectivity index (χ1v) is 14.7. The second-order valence-corrected chi connectivity index (χ2v) is 17.2. The molecule has 0 fully saturated rings. The van der Waals surface area contributed by atoms with Crippen LogP contribution in [0.1, 0.15) is 66.9 Å². The Bertz CT molecular complexity index is 1090. The number of halogens is 2. The predicted molar refractivity (Wildman–Crippen MR) is 130 cm³/mol. The molecule has 0 N–H and O–H groups in total. The molecule has 0 radical (unpaired) electrons. The van der Waals surface area contributed by atoms with Crippen LogP contribution >= 0.6 is 0 Å². The number of benzene rings is 2. The number of fused-ring (bicyclic) bond motifs is 3. The van der Waals surface area contributed by atoms with Crippen molar-refractivity contribution in [2.45, 2.75) is 44.7 Å². The molecule has 0 aliphatic heterocycles. The van der Waals surface area contributed by atoms with Crippen LogP contribution in [0.4, 0.5) is 0 Å². The summed E-state index contributed by atoms with van der Waals surface area (Å²) in [5.41, 5.74) is 9.98. The topological polar surface area (TPSA) is 0 Å². The van der Waals surface area contributed by atoms with Gasteiger partial charge < -0.3 is 24.8 Å². The molecule has 0 heterocycles. The normalized spacial score (nSPS) is 14.0. The molecule has 166 valence electrons. The van der Waals surface area contributed by atoms with Crippen LogP contribution in [0.3, 0.4) is 0 Å². The summed E-state index contributed by atoms with van der Waals surface area (Å²) >= 11 is -2.11. The van der Waals surface area contributed by atoms with Gasteiger partial charge in [0.1, 0.15) is 0 Å². The molecule has 2 aliphatic carbocycles. The second kappa shape index (κ2) is 10.3. The van der Waals surface area contributed by atoms with E-state index in [9.17, 15) is 0 Å². The summed E-state index contributed by atoms with van der Waals surface area (Å²) in [6.45, 7) is 19.8. The van der Waals surface area contributed by atoms with Gasteiger partial charge in [-0.05, 0) is 0 Å². The molecule has 2 aromatic carbocycles. The molecule has 0 amide bonds. The van der Waals surface area contributed by atoms with Gasteiger partial charge in [0.2, 0.25) is 0 Å². The zero-order valence-corrected chi connectivity index (χ0v) is 23.7. The van der Waals surface area contributed by atoms with Gasteiger partial charge >= 0.3 is 191 Å². The predicted octanol–water partition coefficient (Wildman–Crippen LogP) is 2.14. The third-order valence-electron chi connectivity index (χ3n) is 6.45. The average molecular weight is 543 g/mol. The molecule has 0 unspecified atom stereocenters. The van der Waals surface area contributed by atoms with Crippen LogP contribution in [0, 0.1) is 5.41 Å². The Morgan fingerprint density at radius 2 is 1.41 bits per heavy atom. The summed E-state index contributed by atoms with van der Waals surface area (Å²) in [6.07, 6.45) is 10.1. The molecule has 0 bridgehead atoms. The maximum atomic E-state index is 4.00. The first kappa shape index (κ1) is 27.0. The van der Waals surface area contributed by atoms with Gasteiger partial charge in [-0.15, -0.1) is 0 Å². The molecule has 0 nitrogen and oxygen atoms in total. The van der Waals surface area contributed by atoms with Gasteiger partial charge in [-0.2, -0.15) is 0 Å². The van der Waals surface area contributed by atoms with Gasteiger partial charge in [0, 0.05) is 0 Å². The van der Waals surface area contributed by atoms with Gasteiger partial charge in [-0.1, -0.05) is 0 Å². The van der Waals surface area contributed by atoms with Crippen molar-refractivity contribution in [2.75, 3.05) is 0 Å². The minimum absolute atomic E-state index is 0. The van der Waals surface area contributed by atoms with E-state index in [2.05, 4.69) is 96.3 Å². The van der Waals surface area contributed by atoms with E-state index in [0.717, 1.165) is 6.42 Å². The van der Waals surface area contributed by atoms with E-state index in [1.165, 1.54) is 39.0 Å². The molecule has 0 aromatic heterocycles. The Morgan fingerprint density at radius 3 is 1.78 bits per heavy atom. The fourth-order valence-electron chi connectivity index (χ4n) is 4.88. The van der Waals surface area contributed by atoms with Crippen LogP contribution in [0.25, 0.3) is 23.3 Å². The van der Waals surface area contributed by atoms with Crippen LogP contribution < -0.4 is 24.8 Å². The van der Waals surface area contributed by atoms with E-state index in [0.29, 0.717) is 3.63 Å². The Morgan fingerprint density at radius 1 is 0.906 bits per heavy atom. The first-order chi connectivity index (χ1) is 14.2. The number of rotatable bonds is 4. The fourth-order valence-corrected chi connectivity index (χ4v) is 13.1. The third-order valence-corrected chi connectivity index (χ3v) is 14.6. The van der Waals surface area contributed by atoms with Gasteiger partial charge in [-0.3, -0.25) is 0 Å². The zero-order chi connectivity index (χ0) is 21.6. The van der Waals surface area contributed by atoms with Crippen molar-refractivity contribution in [1.82, 2.24) is 0 Å². The van der Waals surface area contributed by atoms with E-state index in [4.69, 9.17) is 0 Å². The second-order valence-electron chi connectivity index (χ2n) is 9.73. The Kier molecular flexibility index (Phi) is 8.72. The quantitative estimate of drug-likeness (QED) is 0.556. The Labute approximate surface area is 214 Å². The molecule has 2 aliphatic rings. The van der Waals surface area contributed by atoms with E-state index in [1.807, 2.05) is 12.2 Å². The summed E-state index contributed by atoms with van der Waals surface area (Å²) in [5, 5.41) is 0. The summed E-state index contributed by atoms with van der Waals surface area (Å²) in [6, 6.07) is 13.9. The van der Waals surface area contributed by atoms with Gasteiger partial charge in [-0.25, -0.2) is 0 Å². The molecule has 0 atom stereocenters. The maximum absolute atomic E-state index is 4.00. The van der Waals surface area contributed by atoms with Gasteiger partial charge in [0.15, 0.2) is 0 Å². The summed E-state index contributed by atoms with van der Waals surface area (Å²) in [4.78, 5) is 0. The molecule has 0 spiro atoms. The molecule has 0 saturated heterocycles. The van der Waals surface area contributed by atoms with Crippen molar-refractivity contribution in [1.29, 1.82) is 0 Å². The van der Waals surface area contributed by atoms with Crippen LogP contribution in [0.5, 0.6) is 0 Å². The van der Waals surface area contributed by atoms with E-state index >= 15 is 0 Å². The molecule has 3 heteroatoms. The summed E-state index contributed by atoms with van der Waals surface area (Å²) in [5.74, 6) is 0. The largest absolute Gasteiger partial charge is 1.00 e. The smallest absolute Gasteiger partial charge is 1.00 e. The SMILES string of the molecule is C=Cc1ccc2c(c1)-c1cc(C=C)ccc1[CH]2[Zr+2]([C]1=CC(C(C)(C)C)=CC1)=[C](C)C.[Cl-].[Cl-]. The molecular weight excluding hydrogens is 510 g/mol. The molecular formula is C29H32Cl2Zr. The third kappa shape index (κ3) is 4.82. The maximum Gasteiger partial charge on any atom is -1.00 e. The Hall–Kier alpha value is -1.27.